The van der Waals surface area contributed by atoms with Gasteiger partial charge < -0.3 is 4.42 Å². The summed E-state index contributed by atoms with van der Waals surface area (Å²) >= 11 is 4.52. The number of aromatic nitrogens is 2. The van der Waals surface area contributed by atoms with Crippen LogP contribution in [0.25, 0.3) is 17.5 Å². The second-order valence-electron chi connectivity index (χ2n) is 4.27. The minimum atomic E-state index is -0.282. The summed E-state index contributed by atoms with van der Waals surface area (Å²) in [5.41, 5.74) is 0.895. The molecular formula is C15H10BrN3O2S. The van der Waals surface area contributed by atoms with Crippen molar-refractivity contribution in [3.05, 3.63) is 59.0 Å². The van der Waals surface area contributed by atoms with Crippen LogP contribution in [0.5, 0.6) is 0 Å². The van der Waals surface area contributed by atoms with Gasteiger partial charge in [0.1, 0.15) is 5.76 Å². The molecular weight excluding hydrogens is 366 g/mol. The van der Waals surface area contributed by atoms with E-state index in [0.29, 0.717) is 16.7 Å². The van der Waals surface area contributed by atoms with E-state index in [1.165, 1.54) is 6.08 Å². The number of carbonyl (C=O) groups excluding carboxylic acids is 1. The van der Waals surface area contributed by atoms with Gasteiger partial charge in [-0.15, -0.1) is 0 Å². The fraction of sp³-hybridized carbons (Fsp3) is 0. The molecule has 0 unspecified atom stereocenters. The van der Waals surface area contributed by atoms with Crippen molar-refractivity contribution in [2.24, 2.45) is 0 Å². The molecule has 1 amide bonds. The van der Waals surface area contributed by atoms with Crippen molar-refractivity contribution in [2.75, 3.05) is 5.32 Å². The summed E-state index contributed by atoms with van der Waals surface area (Å²) in [6, 6.07) is 11.2. The lowest BCUT2D eigenvalue weighted by Gasteiger charge is -1.96. The van der Waals surface area contributed by atoms with Crippen molar-refractivity contribution in [1.29, 1.82) is 0 Å². The van der Waals surface area contributed by atoms with Gasteiger partial charge in [-0.05, 0) is 30.3 Å². The number of anilines is 1. The molecule has 0 saturated carbocycles. The quantitative estimate of drug-likeness (QED) is 0.693. The molecule has 3 rings (SSSR count). The minimum Gasteiger partial charge on any atom is -0.465 e. The fourth-order valence-electron chi connectivity index (χ4n) is 1.68. The van der Waals surface area contributed by atoms with Gasteiger partial charge in [0.25, 0.3) is 0 Å². The molecule has 1 N–H and O–H groups in total. The maximum atomic E-state index is 11.8. The Kier molecular flexibility index (Phi) is 4.45. The van der Waals surface area contributed by atoms with Crippen LogP contribution < -0.4 is 5.32 Å². The number of halogens is 1. The first kappa shape index (κ1) is 14.7. The number of amides is 1. The average Bonchev–Trinajstić information content (AvgIpc) is 3.17. The topological polar surface area (TPSA) is 68.0 Å². The van der Waals surface area contributed by atoms with Crippen LogP contribution in [-0.4, -0.2) is 15.3 Å². The minimum absolute atomic E-state index is 0.282. The van der Waals surface area contributed by atoms with Crippen LogP contribution in [-0.2, 0) is 4.79 Å². The summed E-state index contributed by atoms with van der Waals surface area (Å²) < 4.78 is 10.3. The molecule has 0 atom stereocenters. The predicted molar refractivity (Wildman–Crippen MR) is 89.4 cm³/mol. The van der Waals surface area contributed by atoms with Crippen LogP contribution in [0.2, 0.25) is 0 Å². The number of nitrogens with one attached hydrogen (secondary N) is 1. The normalized spacial score (nSPS) is 11.0. The van der Waals surface area contributed by atoms with E-state index in [9.17, 15) is 4.79 Å². The zero-order valence-corrected chi connectivity index (χ0v) is 13.6. The zero-order chi connectivity index (χ0) is 15.4. The fourth-order valence-corrected chi connectivity index (χ4v) is 2.54. The van der Waals surface area contributed by atoms with Gasteiger partial charge >= 0.3 is 0 Å². The summed E-state index contributed by atoms with van der Waals surface area (Å²) in [6.07, 6.45) is 4.53. The van der Waals surface area contributed by atoms with Gasteiger partial charge in [-0.1, -0.05) is 28.1 Å². The molecule has 3 aromatic rings. The monoisotopic (exact) mass is 375 g/mol. The Morgan fingerprint density at radius 2 is 2.09 bits per heavy atom. The van der Waals surface area contributed by atoms with Gasteiger partial charge in [-0.2, -0.15) is 9.36 Å². The Balaban J connectivity index is 1.66. The number of rotatable bonds is 4. The zero-order valence-electron chi connectivity index (χ0n) is 11.2. The van der Waals surface area contributed by atoms with Crippen molar-refractivity contribution in [1.82, 2.24) is 9.36 Å². The van der Waals surface area contributed by atoms with Crippen LogP contribution >= 0.6 is 27.5 Å². The van der Waals surface area contributed by atoms with Crippen LogP contribution in [0.3, 0.4) is 0 Å². The van der Waals surface area contributed by atoms with Gasteiger partial charge in [-0.3, -0.25) is 10.1 Å². The van der Waals surface area contributed by atoms with Gasteiger partial charge in [-0.25, -0.2) is 0 Å². The van der Waals surface area contributed by atoms with Gasteiger partial charge in [0.2, 0.25) is 11.0 Å². The van der Waals surface area contributed by atoms with E-state index in [1.54, 1.807) is 24.5 Å². The smallest absolute Gasteiger partial charge is 0.250 e. The number of furan rings is 1. The van der Waals surface area contributed by atoms with Crippen molar-refractivity contribution < 1.29 is 9.21 Å². The van der Waals surface area contributed by atoms with Crippen LogP contribution in [0, 0.1) is 0 Å². The molecule has 2 aromatic heterocycles. The predicted octanol–water partition coefficient (Wildman–Crippen LogP) is 4.21. The Bertz CT molecular complexity index is 795. The largest absolute Gasteiger partial charge is 0.465 e. The first-order valence-electron chi connectivity index (χ1n) is 6.33. The summed E-state index contributed by atoms with van der Waals surface area (Å²) in [7, 11) is 0. The summed E-state index contributed by atoms with van der Waals surface area (Å²) in [5, 5.41) is 3.13. The van der Waals surface area contributed by atoms with Crippen molar-refractivity contribution >= 4 is 44.6 Å². The average molecular weight is 376 g/mol. The van der Waals surface area contributed by atoms with Crippen molar-refractivity contribution in [3.63, 3.8) is 0 Å². The van der Waals surface area contributed by atoms with Crippen LogP contribution in [0.4, 0.5) is 5.13 Å². The molecule has 5 nitrogen and oxygen atoms in total. The molecule has 0 aliphatic rings. The van der Waals surface area contributed by atoms with E-state index in [0.717, 1.165) is 21.6 Å². The van der Waals surface area contributed by atoms with Gasteiger partial charge in [0.05, 0.1) is 6.26 Å². The molecule has 0 aliphatic carbocycles. The highest BCUT2D eigenvalue weighted by atomic mass is 79.9. The van der Waals surface area contributed by atoms with Crippen LogP contribution in [0.15, 0.2) is 57.6 Å². The Labute approximate surface area is 139 Å². The number of nitrogens with zero attached hydrogens (tertiary/aromatic N) is 2. The number of carbonyl (C=O) groups is 1. The molecule has 1 aromatic carbocycles. The first-order chi connectivity index (χ1) is 10.7. The van der Waals surface area contributed by atoms with E-state index in [4.69, 9.17) is 4.42 Å². The van der Waals surface area contributed by atoms with E-state index in [2.05, 4.69) is 30.6 Å². The van der Waals surface area contributed by atoms with Gasteiger partial charge in [0, 0.05) is 27.6 Å². The highest BCUT2D eigenvalue weighted by Gasteiger charge is 2.08. The Morgan fingerprint density at radius 3 is 2.82 bits per heavy atom. The highest BCUT2D eigenvalue weighted by Crippen LogP contribution is 2.22. The maximum absolute atomic E-state index is 11.8. The molecule has 0 saturated heterocycles. The molecule has 7 heteroatoms. The molecule has 2 heterocycles. The molecule has 22 heavy (non-hydrogen) atoms. The molecule has 0 fully saturated rings. The summed E-state index contributed by atoms with van der Waals surface area (Å²) in [4.78, 5) is 16.1. The van der Waals surface area contributed by atoms with Gasteiger partial charge in [0.15, 0.2) is 5.82 Å². The Hall–Kier alpha value is -2.25. The summed E-state index contributed by atoms with van der Waals surface area (Å²) in [6.45, 7) is 0. The lowest BCUT2D eigenvalue weighted by atomic mass is 10.2. The number of hydrogen-bond acceptors (Lipinski definition) is 5. The van der Waals surface area contributed by atoms with Crippen molar-refractivity contribution in [3.8, 4) is 11.4 Å². The maximum Gasteiger partial charge on any atom is 0.250 e. The van der Waals surface area contributed by atoms with E-state index in [1.807, 2.05) is 24.3 Å². The molecule has 0 spiro atoms. The highest BCUT2D eigenvalue weighted by molar-refractivity contribution is 9.10. The van der Waals surface area contributed by atoms with Crippen LogP contribution in [0.1, 0.15) is 5.76 Å². The molecule has 0 radical (unpaired) electrons. The Morgan fingerprint density at radius 1 is 1.27 bits per heavy atom. The third-order valence-electron chi connectivity index (χ3n) is 2.70. The third-order valence-corrected chi connectivity index (χ3v) is 3.86. The molecule has 110 valence electrons. The number of benzene rings is 1. The lowest BCUT2D eigenvalue weighted by Crippen LogP contribution is -2.07. The second kappa shape index (κ2) is 6.67. The molecule has 0 bridgehead atoms. The second-order valence-corrected chi connectivity index (χ2v) is 5.94. The lowest BCUT2D eigenvalue weighted by molar-refractivity contribution is -0.111. The van der Waals surface area contributed by atoms with E-state index < -0.39 is 0 Å². The van der Waals surface area contributed by atoms with E-state index >= 15 is 0 Å². The number of hydrogen-bond donors (Lipinski definition) is 1. The third kappa shape index (κ3) is 3.69. The first-order valence-corrected chi connectivity index (χ1v) is 7.89. The standard InChI is InChI=1S/C15H10BrN3O2S/c16-11-5-3-10(4-6-11)14-18-15(22-19-14)17-13(20)8-7-12-2-1-9-21-12/h1-9H,(H,17,18,19,20). The SMILES string of the molecule is O=C(C=Cc1ccco1)Nc1nc(-c2ccc(Br)cc2)ns1. The summed E-state index contributed by atoms with van der Waals surface area (Å²) in [5.74, 6) is 0.917. The molecule has 0 aliphatic heterocycles. The van der Waals surface area contributed by atoms with E-state index in [-0.39, 0.29) is 5.91 Å². The van der Waals surface area contributed by atoms with Crippen molar-refractivity contribution in [2.45, 2.75) is 0 Å².